The topological polar surface area (TPSA) is 77.9 Å². The van der Waals surface area contributed by atoms with Gasteiger partial charge in [0.05, 0.1) is 6.42 Å². The molecule has 6 nitrogen and oxygen atoms in total. The zero-order chi connectivity index (χ0) is 16.2. The molecule has 0 aliphatic heterocycles. The van der Waals surface area contributed by atoms with Crippen LogP contribution in [0.1, 0.15) is 38.4 Å². The van der Waals surface area contributed by atoms with Crippen molar-refractivity contribution >= 4 is 5.97 Å². The lowest BCUT2D eigenvalue weighted by atomic mass is 10.1. The summed E-state index contributed by atoms with van der Waals surface area (Å²) >= 11 is 0. The Labute approximate surface area is 130 Å². The lowest BCUT2D eigenvalue weighted by Crippen LogP contribution is -2.24. The molecule has 0 bridgehead atoms. The van der Waals surface area contributed by atoms with E-state index in [0.717, 1.165) is 11.3 Å². The van der Waals surface area contributed by atoms with Gasteiger partial charge in [0.2, 0.25) is 0 Å². The Balaban J connectivity index is 2.03. The fourth-order valence-corrected chi connectivity index (χ4v) is 1.80. The summed E-state index contributed by atoms with van der Waals surface area (Å²) < 4.78 is 5.28. The third-order valence-corrected chi connectivity index (χ3v) is 2.74. The minimum atomic E-state index is -0.469. The summed E-state index contributed by atoms with van der Waals surface area (Å²) in [6, 6.07) is 1.80. The summed E-state index contributed by atoms with van der Waals surface area (Å²) in [6.07, 6.45) is 5.72. The molecule has 0 aliphatic rings. The molecule has 0 spiro atoms. The van der Waals surface area contributed by atoms with Crippen molar-refractivity contribution in [1.29, 1.82) is 0 Å². The SMILES string of the molecule is Cc1cnc(-c2cc(CCC(=O)OC(C)(C)C)ncn2)nc1. The molecule has 0 saturated heterocycles. The lowest BCUT2D eigenvalue weighted by Gasteiger charge is -2.19. The molecule has 2 rings (SSSR count). The molecule has 2 aromatic rings. The van der Waals surface area contributed by atoms with Gasteiger partial charge in [0, 0.05) is 24.5 Å². The monoisotopic (exact) mass is 300 g/mol. The van der Waals surface area contributed by atoms with Crippen LogP contribution in [0.15, 0.2) is 24.8 Å². The maximum Gasteiger partial charge on any atom is 0.306 e. The molecular formula is C16H20N4O2. The Hall–Kier alpha value is -2.37. The second-order valence-corrected chi connectivity index (χ2v) is 6.07. The van der Waals surface area contributed by atoms with Gasteiger partial charge in [-0.15, -0.1) is 0 Å². The van der Waals surface area contributed by atoms with Crippen molar-refractivity contribution in [2.75, 3.05) is 0 Å². The number of hydrogen-bond donors (Lipinski definition) is 0. The van der Waals surface area contributed by atoms with Gasteiger partial charge >= 0.3 is 5.97 Å². The molecule has 0 saturated carbocycles. The number of nitrogens with zero attached hydrogens (tertiary/aromatic N) is 4. The van der Waals surface area contributed by atoms with E-state index in [0.29, 0.717) is 17.9 Å². The molecule has 0 radical (unpaired) electrons. The largest absolute Gasteiger partial charge is 0.460 e. The number of carbonyl (C=O) groups is 1. The highest BCUT2D eigenvalue weighted by Crippen LogP contribution is 2.14. The summed E-state index contributed by atoms with van der Waals surface area (Å²) in [6.45, 7) is 7.48. The first kappa shape index (κ1) is 16.0. The molecule has 0 N–H and O–H groups in total. The number of ether oxygens (including phenoxy) is 1. The average molecular weight is 300 g/mol. The first-order valence-electron chi connectivity index (χ1n) is 7.15. The van der Waals surface area contributed by atoms with E-state index in [1.54, 1.807) is 18.5 Å². The molecule has 116 valence electrons. The summed E-state index contributed by atoms with van der Waals surface area (Å²) in [5, 5.41) is 0. The standard InChI is InChI=1S/C16H20N4O2/c1-11-8-17-15(18-9-11)13-7-12(19-10-20-13)5-6-14(21)22-16(2,3)4/h7-10H,5-6H2,1-4H3. The van der Waals surface area contributed by atoms with E-state index in [2.05, 4.69) is 19.9 Å². The van der Waals surface area contributed by atoms with E-state index in [1.807, 2.05) is 27.7 Å². The zero-order valence-corrected chi connectivity index (χ0v) is 13.3. The molecule has 0 amide bonds. The van der Waals surface area contributed by atoms with Crippen molar-refractivity contribution in [3.05, 3.63) is 36.0 Å². The van der Waals surface area contributed by atoms with Crippen LogP contribution >= 0.6 is 0 Å². The highest BCUT2D eigenvalue weighted by atomic mass is 16.6. The molecule has 2 heterocycles. The van der Waals surface area contributed by atoms with Crippen LogP contribution in [0.3, 0.4) is 0 Å². The van der Waals surface area contributed by atoms with Crippen LogP contribution in [-0.2, 0) is 16.0 Å². The summed E-state index contributed by atoms with van der Waals surface area (Å²) in [5.41, 5.74) is 1.93. The Morgan fingerprint density at radius 3 is 2.45 bits per heavy atom. The Morgan fingerprint density at radius 2 is 1.82 bits per heavy atom. The van der Waals surface area contributed by atoms with Gasteiger partial charge in [0.25, 0.3) is 0 Å². The van der Waals surface area contributed by atoms with Gasteiger partial charge in [-0.25, -0.2) is 19.9 Å². The second kappa shape index (κ2) is 6.60. The van der Waals surface area contributed by atoms with Crippen LogP contribution in [0.5, 0.6) is 0 Å². The molecule has 0 aliphatic carbocycles. The predicted molar refractivity (Wildman–Crippen MR) is 82.0 cm³/mol. The van der Waals surface area contributed by atoms with Crippen molar-refractivity contribution in [3.63, 3.8) is 0 Å². The fourth-order valence-electron chi connectivity index (χ4n) is 1.80. The molecule has 6 heteroatoms. The number of hydrogen-bond acceptors (Lipinski definition) is 6. The fraction of sp³-hybridized carbons (Fsp3) is 0.438. The summed E-state index contributed by atoms with van der Waals surface area (Å²) in [4.78, 5) is 28.6. The van der Waals surface area contributed by atoms with E-state index < -0.39 is 5.60 Å². The van der Waals surface area contributed by atoms with Gasteiger partial charge in [0.15, 0.2) is 5.82 Å². The smallest absolute Gasteiger partial charge is 0.306 e. The average Bonchev–Trinajstić information content (AvgIpc) is 2.44. The second-order valence-electron chi connectivity index (χ2n) is 6.07. The van der Waals surface area contributed by atoms with Crippen molar-refractivity contribution in [3.8, 4) is 11.5 Å². The Kier molecular flexibility index (Phi) is 4.80. The van der Waals surface area contributed by atoms with E-state index >= 15 is 0 Å². The van der Waals surface area contributed by atoms with Gasteiger partial charge in [-0.2, -0.15) is 0 Å². The summed E-state index contributed by atoms with van der Waals surface area (Å²) in [5.74, 6) is 0.311. The van der Waals surface area contributed by atoms with Gasteiger partial charge in [-0.1, -0.05) is 0 Å². The highest BCUT2D eigenvalue weighted by Gasteiger charge is 2.16. The third kappa shape index (κ3) is 4.87. The van der Waals surface area contributed by atoms with E-state index in [4.69, 9.17) is 4.74 Å². The maximum atomic E-state index is 11.7. The van der Waals surface area contributed by atoms with Crippen LogP contribution in [0.25, 0.3) is 11.5 Å². The minimum Gasteiger partial charge on any atom is -0.460 e. The number of carbonyl (C=O) groups excluding carboxylic acids is 1. The van der Waals surface area contributed by atoms with Gasteiger partial charge < -0.3 is 4.74 Å². The number of aryl methyl sites for hydroxylation is 2. The van der Waals surface area contributed by atoms with E-state index in [-0.39, 0.29) is 12.4 Å². The minimum absolute atomic E-state index is 0.237. The zero-order valence-electron chi connectivity index (χ0n) is 13.3. The van der Waals surface area contributed by atoms with Gasteiger partial charge in [0.1, 0.15) is 17.6 Å². The summed E-state index contributed by atoms with van der Waals surface area (Å²) in [7, 11) is 0. The third-order valence-electron chi connectivity index (χ3n) is 2.74. The maximum absolute atomic E-state index is 11.7. The predicted octanol–water partition coefficient (Wildman–Crippen LogP) is 2.52. The molecule has 0 unspecified atom stereocenters. The van der Waals surface area contributed by atoms with E-state index in [9.17, 15) is 4.79 Å². The number of aromatic nitrogens is 4. The lowest BCUT2D eigenvalue weighted by molar-refractivity contribution is -0.154. The molecule has 0 fully saturated rings. The normalized spacial score (nSPS) is 11.3. The van der Waals surface area contributed by atoms with Crippen LogP contribution in [-0.4, -0.2) is 31.5 Å². The van der Waals surface area contributed by atoms with Crippen LogP contribution in [0.2, 0.25) is 0 Å². The first-order valence-corrected chi connectivity index (χ1v) is 7.15. The van der Waals surface area contributed by atoms with Crippen molar-refractivity contribution in [2.45, 2.75) is 46.1 Å². The molecule has 0 atom stereocenters. The molecule has 0 aromatic carbocycles. The number of esters is 1. The van der Waals surface area contributed by atoms with Crippen LogP contribution < -0.4 is 0 Å². The first-order chi connectivity index (χ1) is 10.3. The van der Waals surface area contributed by atoms with E-state index in [1.165, 1.54) is 6.33 Å². The quantitative estimate of drug-likeness (QED) is 0.807. The number of rotatable bonds is 4. The van der Waals surface area contributed by atoms with Crippen LogP contribution in [0.4, 0.5) is 0 Å². The van der Waals surface area contributed by atoms with Crippen molar-refractivity contribution in [1.82, 2.24) is 19.9 Å². The highest BCUT2D eigenvalue weighted by molar-refractivity contribution is 5.70. The van der Waals surface area contributed by atoms with Gasteiger partial charge in [-0.05, 0) is 39.3 Å². The Morgan fingerprint density at radius 1 is 1.14 bits per heavy atom. The van der Waals surface area contributed by atoms with Crippen molar-refractivity contribution in [2.24, 2.45) is 0 Å². The van der Waals surface area contributed by atoms with Crippen molar-refractivity contribution < 1.29 is 9.53 Å². The van der Waals surface area contributed by atoms with Crippen LogP contribution in [0, 0.1) is 6.92 Å². The molecular weight excluding hydrogens is 280 g/mol. The van der Waals surface area contributed by atoms with Gasteiger partial charge in [-0.3, -0.25) is 4.79 Å². The Bertz CT molecular complexity index is 648. The molecule has 22 heavy (non-hydrogen) atoms. The molecule has 2 aromatic heterocycles.